The van der Waals surface area contributed by atoms with Crippen molar-refractivity contribution >= 4 is 22.7 Å². The molecule has 0 bridgehead atoms. The van der Waals surface area contributed by atoms with Crippen molar-refractivity contribution in [3.63, 3.8) is 0 Å². The quantitative estimate of drug-likeness (QED) is 0.628. The molecule has 172 valence electrons. The molecule has 3 aromatic rings. The zero-order chi connectivity index (χ0) is 23.0. The number of para-hydroxylation sites is 2. The van der Waals surface area contributed by atoms with Gasteiger partial charge in [0.25, 0.3) is 5.91 Å². The number of aromatic nitrogens is 1. The summed E-state index contributed by atoms with van der Waals surface area (Å²) in [5.74, 6) is 0.497. The van der Waals surface area contributed by atoms with Crippen molar-refractivity contribution in [2.75, 3.05) is 7.11 Å². The van der Waals surface area contributed by atoms with E-state index >= 15 is 0 Å². The minimum absolute atomic E-state index is 0.0823. The number of benzene rings is 2. The SMILES string of the molecule is COc1ccccc1CN1C(=O)c2cc3ccccc3n2CC1(C)C(=O)NC1CCCCC1. The predicted octanol–water partition coefficient (Wildman–Crippen LogP) is 4.51. The van der Waals surface area contributed by atoms with Gasteiger partial charge in [-0.15, -0.1) is 0 Å². The van der Waals surface area contributed by atoms with Crippen molar-refractivity contribution in [1.29, 1.82) is 0 Å². The molecule has 0 radical (unpaired) electrons. The van der Waals surface area contributed by atoms with E-state index in [9.17, 15) is 9.59 Å². The number of nitrogens with one attached hydrogen (secondary N) is 1. The van der Waals surface area contributed by atoms with E-state index in [1.807, 2.05) is 66.1 Å². The van der Waals surface area contributed by atoms with Crippen LogP contribution in [0, 0.1) is 0 Å². The third-order valence-electron chi connectivity index (χ3n) is 7.29. The summed E-state index contributed by atoms with van der Waals surface area (Å²) < 4.78 is 7.56. The van der Waals surface area contributed by atoms with Crippen LogP contribution < -0.4 is 10.1 Å². The topological polar surface area (TPSA) is 63.6 Å². The molecule has 1 aliphatic carbocycles. The van der Waals surface area contributed by atoms with Gasteiger partial charge in [0, 0.05) is 22.5 Å². The predicted molar refractivity (Wildman–Crippen MR) is 128 cm³/mol. The molecule has 1 atom stereocenters. The van der Waals surface area contributed by atoms with Crippen molar-refractivity contribution < 1.29 is 14.3 Å². The number of methoxy groups -OCH3 is 1. The second-order valence-electron chi connectivity index (χ2n) is 9.46. The molecule has 1 aliphatic heterocycles. The summed E-state index contributed by atoms with van der Waals surface area (Å²) in [7, 11) is 1.63. The Morgan fingerprint density at radius 3 is 2.61 bits per heavy atom. The number of carbonyl (C=O) groups excluding carboxylic acids is 2. The van der Waals surface area contributed by atoms with Crippen LogP contribution in [0.4, 0.5) is 0 Å². The fourth-order valence-corrected chi connectivity index (χ4v) is 5.35. The highest BCUT2D eigenvalue weighted by atomic mass is 16.5. The Balaban J connectivity index is 1.56. The number of fused-ring (bicyclic) bond motifs is 3. The molecule has 1 unspecified atom stereocenters. The number of amides is 2. The first kappa shape index (κ1) is 21.6. The minimum Gasteiger partial charge on any atom is -0.496 e. The first-order valence-electron chi connectivity index (χ1n) is 11.8. The maximum absolute atomic E-state index is 13.9. The van der Waals surface area contributed by atoms with Gasteiger partial charge in [-0.25, -0.2) is 0 Å². The molecule has 6 heteroatoms. The summed E-state index contributed by atoms with van der Waals surface area (Å²) in [4.78, 5) is 29.4. The van der Waals surface area contributed by atoms with Crippen molar-refractivity contribution in [2.24, 2.45) is 0 Å². The van der Waals surface area contributed by atoms with E-state index < -0.39 is 5.54 Å². The lowest BCUT2D eigenvalue weighted by Crippen LogP contribution is -2.64. The van der Waals surface area contributed by atoms with Crippen LogP contribution >= 0.6 is 0 Å². The lowest BCUT2D eigenvalue weighted by Gasteiger charge is -2.45. The Morgan fingerprint density at radius 2 is 1.82 bits per heavy atom. The van der Waals surface area contributed by atoms with Crippen LogP contribution in [0.3, 0.4) is 0 Å². The molecule has 2 amide bonds. The fourth-order valence-electron chi connectivity index (χ4n) is 5.35. The van der Waals surface area contributed by atoms with E-state index in [0.29, 0.717) is 24.5 Å². The fraction of sp³-hybridized carbons (Fsp3) is 0.407. The second kappa shape index (κ2) is 8.58. The highest BCUT2D eigenvalue weighted by Gasteiger charge is 2.48. The molecule has 1 fully saturated rings. The lowest BCUT2D eigenvalue weighted by atomic mass is 9.91. The first-order valence-corrected chi connectivity index (χ1v) is 11.8. The molecule has 2 heterocycles. The van der Waals surface area contributed by atoms with E-state index in [-0.39, 0.29) is 17.9 Å². The molecular formula is C27H31N3O3. The molecule has 2 aromatic carbocycles. The molecule has 33 heavy (non-hydrogen) atoms. The Morgan fingerprint density at radius 1 is 1.09 bits per heavy atom. The highest BCUT2D eigenvalue weighted by Crippen LogP contribution is 2.35. The molecule has 1 saturated carbocycles. The smallest absolute Gasteiger partial charge is 0.271 e. The van der Waals surface area contributed by atoms with Gasteiger partial charge in [-0.05, 0) is 38.0 Å². The molecule has 0 spiro atoms. The molecule has 6 nitrogen and oxygen atoms in total. The summed E-state index contributed by atoms with van der Waals surface area (Å²) in [5.41, 5.74) is 1.46. The number of hydrogen-bond acceptors (Lipinski definition) is 3. The molecular weight excluding hydrogens is 414 g/mol. The van der Waals surface area contributed by atoms with Gasteiger partial charge in [0.15, 0.2) is 0 Å². The Kier molecular flexibility index (Phi) is 5.60. The number of rotatable bonds is 5. The number of hydrogen-bond donors (Lipinski definition) is 1. The minimum atomic E-state index is -1.02. The van der Waals surface area contributed by atoms with Crippen LogP contribution in [-0.2, 0) is 17.9 Å². The maximum Gasteiger partial charge on any atom is 0.271 e. The summed E-state index contributed by atoms with van der Waals surface area (Å²) in [6.07, 6.45) is 5.50. The zero-order valence-corrected chi connectivity index (χ0v) is 19.3. The van der Waals surface area contributed by atoms with Gasteiger partial charge in [0.2, 0.25) is 5.91 Å². The van der Waals surface area contributed by atoms with Gasteiger partial charge in [0.1, 0.15) is 17.0 Å². The van der Waals surface area contributed by atoms with Gasteiger partial charge in [-0.1, -0.05) is 55.7 Å². The Hall–Kier alpha value is -3.28. The highest BCUT2D eigenvalue weighted by molar-refractivity contribution is 6.03. The Bertz CT molecular complexity index is 1190. The Labute approximate surface area is 194 Å². The zero-order valence-electron chi connectivity index (χ0n) is 19.3. The summed E-state index contributed by atoms with van der Waals surface area (Å²) in [6, 6.07) is 17.8. The largest absolute Gasteiger partial charge is 0.496 e. The second-order valence-corrected chi connectivity index (χ2v) is 9.46. The van der Waals surface area contributed by atoms with Crippen LogP contribution in [0.2, 0.25) is 0 Å². The van der Waals surface area contributed by atoms with Gasteiger partial charge in [0.05, 0.1) is 20.2 Å². The lowest BCUT2D eigenvalue weighted by molar-refractivity contribution is -0.134. The van der Waals surface area contributed by atoms with Gasteiger partial charge in [-0.3, -0.25) is 9.59 Å². The van der Waals surface area contributed by atoms with Crippen molar-refractivity contribution in [1.82, 2.24) is 14.8 Å². The monoisotopic (exact) mass is 445 g/mol. The van der Waals surface area contributed by atoms with E-state index in [2.05, 4.69) is 5.32 Å². The van der Waals surface area contributed by atoms with Crippen LogP contribution in [0.15, 0.2) is 54.6 Å². The van der Waals surface area contributed by atoms with Gasteiger partial charge in [-0.2, -0.15) is 0 Å². The standard InChI is InChI=1S/C27H31N3O3/c1-27(26(32)28-21-12-4-3-5-13-21)18-29-22-14-8-6-10-19(22)16-23(29)25(31)30(27)17-20-11-7-9-15-24(20)33-2/h6-11,14-16,21H,3-5,12-13,17-18H2,1-2H3,(H,28,32). The van der Waals surface area contributed by atoms with Gasteiger partial charge >= 0.3 is 0 Å². The van der Waals surface area contributed by atoms with Gasteiger partial charge < -0.3 is 19.5 Å². The van der Waals surface area contributed by atoms with E-state index in [1.165, 1.54) is 6.42 Å². The van der Waals surface area contributed by atoms with Crippen LogP contribution in [0.1, 0.15) is 55.1 Å². The van der Waals surface area contributed by atoms with Crippen LogP contribution in [0.25, 0.3) is 10.9 Å². The van der Waals surface area contributed by atoms with E-state index in [0.717, 1.165) is 42.1 Å². The van der Waals surface area contributed by atoms with Crippen molar-refractivity contribution in [2.45, 2.75) is 63.7 Å². The van der Waals surface area contributed by atoms with Crippen molar-refractivity contribution in [3.05, 3.63) is 65.9 Å². The normalized spacial score (nSPS) is 21.2. The molecule has 5 rings (SSSR count). The molecule has 1 aromatic heterocycles. The third-order valence-corrected chi connectivity index (χ3v) is 7.29. The molecule has 1 N–H and O–H groups in total. The first-order chi connectivity index (χ1) is 16.0. The molecule has 2 aliphatic rings. The summed E-state index contributed by atoms with van der Waals surface area (Å²) in [5, 5.41) is 4.30. The van der Waals surface area contributed by atoms with Crippen molar-refractivity contribution in [3.8, 4) is 5.75 Å². The average Bonchev–Trinajstić information content (AvgIpc) is 3.21. The van der Waals surface area contributed by atoms with E-state index in [1.54, 1.807) is 12.0 Å². The number of ether oxygens (including phenoxy) is 1. The van der Waals surface area contributed by atoms with Crippen LogP contribution in [-0.4, -0.2) is 40.0 Å². The average molecular weight is 446 g/mol. The number of carbonyl (C=O) groups is 2. The van der Waals surface area contributed by atoms with E-state index in [4.69, 9.17) is 4.74 Å². The molecule has 0 saturated heterocycles. The maximum atomic E-state index is 13.9. The van der Waals surface area contributed by atoms with Crippen LogP contribution in [0.5, 0.6) is 5.75 Å². The third kappa shape index (κ3) is 3.77. The summed E-state index contributed by atoms with van der Waals surface area (Å²) in [6.45, 7) is 2.62. The number of nitrogens with zero attached hydrogens (tertiary/aromatic N) is 2. The summed E-state index contributed by atoms with van der Waals surface area (Å²) >= 11 is 0.